The number of aromatic amines is 1. The summed E-state index contributed by atoms with van der Waals surface area (Å²) in [7, 11) is 0. The van der Waals surface area contributed by atoms with Gasteiger partial charge >= 0.3 is 0 Å². The van der Waals surface area contributed by atoms with Crippen LogP contribution in [0.3, 0.4) is 0 Å². The molecule has 1 aromatic rings. The summed E-state index contributed by atoms with van der Waals surface area (Å²) in [4.78, 5) is 8.61. The van der Waals surface area contributed by atoms with Crippen molar-refractivity contribution in [2.45, 2.75) is 31.9 Å². The summed E-state index contributed by atoms with van der Waals surface area (Å²) < 4.78 is 25.1. The Bertz CT molecular complexity index is 274. The Kier molecular flexibility index (Phi) is 2.77. The van der Waals surface area contributed by atoms with Crippen molar-refractivity contribution in [1.29, 1.82) is 0 Å². The second-order valence-corrected chi connectivity index (χ2v) is 3.59. The van der Waals surface area contributed by atoms with Gasteiger partial charge in [-0.2, -0.15) is 0 Å². The molecule has 1 aliphatic heterocycles. The molecule has 0 amide bonds. The number of hydrogen-bond donors (Lipinski definition) is 1. The maximum absolute atomic E-state index is 12.6. The highest BCUT2D eigenvalue weighted by molar-refractivity contribution is 4.96. The smallest absolute Gasteiger partial charge is 0.253 e. The predicted molar refractivity (Wildman–Crippen MR) is 48.0 cm³/mol. The van der Waals surface area contributed by atoms with Gasteiger partial charge in [-0.1, -0.05) is 0 Å². The van der Waals surface area contributed by atoms with Crippen LogP contribution >= 0.6 is 0 Å². The van der Waals surface area contributed by atoms with Gasteiger partial charge in [0.1, 0.15) is 0 Å². The number of H-pyrrole nitrogens is 1. The van der Waals surface area contributed by atoms with Gasteiger partial charge in [0.15, 0.2) is 0 Å². The van der Waals surface area contributed by atoms with Crippen molar-refractivity contribution in [2.75, 3.05) is 6.54 Å². The van der Waals surface area contributed by atoms with Crippen molar-refractivity contribution < 1.29 is 8.78 Å². The van der Waals surface area contributed by atoms with E-state index in [1.54, 1.807) is 12.5 Å². The highest BCUT2D eigenvalue weighted by Gasteiger charge is 2.31. The van der Waals surface area contributed by atoms with Crippen LogP contribution in [0.2, 0.25) is 0 Å². The maximum Gasteiger partial charge on any atom is 0.253 e. The van der Waals surface area contributed by atoms with Crippen LogP contribution in [0.1, 0.15) is 18.5 Å². The fraction of sp³-hybridized carbons (Fsp3) is 0.667. The van der Waals surface area contributed by atoms with Crippen LogP contribution in [0, 0.1) is 0 Å². The zero-order chi connectivity index (χ0) is 9.97. The Morgan fingerprint density at radius 2 is 2.50 bits per heavy atom. The second-order valence-electron chi connectivity index (χ2n) is 3.59. The van der Waals surface area contributed by atoms with E-state index in [1.165, 1.54) is 0 Å². The molecule has 0 spiro atoms. The third-order valence-electron chi connectivity index (χ3n) is 2.63. The highest BCUT2D eigenvalue weighted by atomic mass is 19.3. The average molecular weight is 201 g/mol. The number of nitrogens with zero attached hydrogens (tertiary/aromatic N) is 2. The lowest BCUT2D eigenvalue weighted by atomic mass is 10.2. The molecule has 2 heterocycles. The SMILES string of the molecule is FC(F)[C@H]1CCCN1Cc1cnc[nH]1. The van der Waals surface area contributed by atoms with Crippen molar-refractivity contribution in [3.63, 3.8) is 0 Å². The van der Waals surface area contributed by atoms with Gasteiger partial charge in [-0.25, -0.2) is 13.8 Å². The predicted octanol–water partition coefficient (Wildman–Crippen LogP) is 1.64. The normalized spacial score (nSPS) is 23.5. The first-order valence-corrected chi connectivity index (χ1v) is 4.77. The Morgan fingerprint density at radius 1 is 1.64 bits per heavy atom. The molecule has 0 radical (unpaired) electrons. The van der Waals surface area contributed by atoms with Crippen LogP contribution in [0.25, 0.3) is 0 Å². The summed E-state index contributed by atoms with van der Waals surface area (Å²) in [6.45, 7) is 1.31. The molecular weight excluding hydrogens is 188 g/mol. The number of imidazole rings is 1. The Balaban J connectivity index is 1.97. The first-order valence-electron chi connectivity index (χ1n) is 4.77. The molecule has 1 aromatic heterocycles. The summed E-state index contributed by atoms with van der Waals surface area (Å²) in [5.41, 5.74) is 0.901. The Labute approximate surface area is 81.1 Å². The van der Waals surface area contributed by atoms with Gasteiger partial charge in [-0.05, 0) is 19.4 Å². The topological polar surface area (TPSA) is 31.9 Å². The molecule has 0 bridgehead atoms. The molecule has 0 unspecified atom stereocenters. The summed E-state index contributed by atoms with van der Waals surface area (Å²) in [5.74, 6) is 0. The minimum atomic E-state index is -2.24. The number of halogens is 2. The number of hydrogen-bond acceptors (Lipinski definition) is 2. The molecule has 1 atom stereocenters. The zero-order valence-electron chi connectivity index (χ0n) is 7.79. The van der Waals surface area contributed by atoms with E-state index in [0.717, 1.165) is 18.7 Å². The average Bonchev–Trinajstić information content (AvgIpc) is 2.75. The lowest BCUT2D eigenvalue weighted by Crippen LogP contribution is -2.34. The largest absolute Gasteiger partial charge is 0.347 e. The van der Waals surface area contributed by atoms with E-state index in [-0.39, 0.29) is 0 Å². The molecule has 0 saturated carbocycles. The quantitative estimate of drug-likeness (QED) is 0.806. The third kappa shape index (κ3) is 1.92. The lowest BCUT2D eigenvalue weighted by molar-refractivity contribution is 0.0436. The summed E-state index contributed by atoms with van der Waals surface area (Å²) in [6, 6.07) is -0.571. The molecule has 3 nitrogen and oxygen atoms in total. The van der Waals surface area contributed by atoms with Crippen molar-refractivity contribution in [2.24, 2.45) is 0 Å². The van der Waals surface area contributed by atoms with Crippen LogP contribution in [0.5, 0.6) is 0 Å². The number of nitrogens with one attached hydrogen (secondary N) is 1. The lowest BCUT2D eigenvalue weighted by Gasteiger charge is -2.22. The van der Waals surface area contributed by atoms with Crippen molar-refractivity contribution in [3.8, 4) is 0 Å². The molecule has 78 valence electrons. The van der Waals surface area contributed by atoms with Crippen LogP contribution in [0.4, 0.5) is 8.78 Å². The first kappa shape index (κ1) is 9.58. The molecule has 1 saturated heterocycles. The van der Waals surface area contributed by atoms with Crippen LogP contribution < -0.4 is 0 Å². The minimum absolute atomic E-state index is 0.551. The van der Waals surface area contributed by atoms with E-state index in [0.29, 0.717) is 13.0 Å². The van der Waals surface area contributed by atoms with Crippen molar-refractivity contribution in [3.05, 3.63) is 18.2 Å². The van der Waals surface area contributed by atoms with E-state index in [2.05, 4.69) is 9.97 Å². The first-order chi connectivity index (χ1) is 6.77. The molecule has 1 fully saturated rings. The number of rotatable bonds is 3. The standard InChI is InChI=1S/C9H13F2N3/c10-9(11)8-2-1-3-14(8)5-7-4-12-6-13-7/h4,6,8-9H,1-3,5H2,(H,12,13)/t8-/m1/s1. The van der Waals surface area contributed by atoms with Gasteiger partial charge in [0, 0.05) is 18.4 Å². The molecule has 1 aliphatic rings. The third-order valence-corrected chi connectivity index (χ3v) is 2.63. The maximum atomic E-state index is 12.6. The van der Waals surface area contributed by atoms with Crippen LogP contribution in [-0.4, -0.2) is 33.9 Å². The summed E-state index contributed by atoms with van der Waals surface area (Å²) in [6.07, 6.45) is 2.49. The van der Waals surface area contributed by atoms with E-state index in [9.17, 15) is 8.78 Å². The number of likely N-dealkylation sites (tertiary alicyclic amines) is 1. The van der Waals surface area contributed by atoms with Crippen LogP contribution in [-0.2, 0) is 6.54 Å². The zero-order valence-corrected chi connectivity index (χ0v) is 7.79. The summed E-state index contributed by atoms with van der Waals surface area (Å²) in [5, 5.41) is 0. The van der Waals surface area contributed by atoms with E-state index in [1.807, 2.05) is 4.90 Å². The van der Waals surface area contributed by atoms with Crippen LogP contribution in [0.15, 0.2) is 12.5 Å². The van der Waals surface area contributed by atoms with E-state index in [4.69, 9.17) is 0 Å². The molecule has 1 N–H and O–H groups in total. The van der Waals surface area contributed by atoms with Crippen molar-refractivity contribution >= 4 is 0 Å². The molecule has 14 heavy (non-hydrogen) atoms. The van der Waals surface area contributed by atoms with Gasteiger partial charge in [-0.15, -0.1) is 0 Å². The molecular formula is C9H13F2N3. The van der Waals surface area contributed by atoms with Crippen molar-refractivity contribution in [1.82, 2.24) is 14.9 Å². The molecule has 0 aliphatic carbocycles. The molecule has 5 heteroatoms. The minimum Gasteiger partial charge on any atom is -0.347 e. The van der Waals surface area contributed by atoms with E-state index >= 15 is 0 Å². The van der Waals surface area contributed by atoms with Gasteiger partial charge in [-0.3, -0.25) is 4.90 Å². The van der Waals surface area contributed by atoms with Gasteiger partial charge in [0.05, 0.1) is 12.4 Å². The Hall–Kier alpha value is -0.970. The van der Waals surface area contributed by atoms with Gasteiger partial charge in [0.25, 0.3) is 6.43 Å². The molecule has 2 rings (SSSR count). The number of alkyl halides is 2. The Morgan fingerprint density at radius 3 is 3.14 bits per heavy atom. The van der Waals surface area contributed by atoms with Gasteiger partial charge in [0.2, 0.25) is 0 Å². The number of aromatic nitrogens is 2. The highest BCUT2D eigenvalue weighted by Crippen LogP contribution is 2.24. The fourth-order valence-electron chi connectivity index (χ4n) is 1.92. The summed E-state index contributed by atoms with van der Waals surface area (Å²) >= 11 is 0. The molecule has 0 aromatic carbocycles. The van der Waals surface area contributed by atoms with Gasteiger partial charge < -0.3 is 4.98 Å². The monoisotopic (exact) mass is 201 g/mol. The second kappa shape index (κ2) is 4.04. The van der Waals surface area contributed by atoms with E-state index < -0.39 is 12.5 Å². The fourth-order valence-corrected chi connectivity index (χ4v) is 1.92.